The molecule has 4 heteroatoms. The van der Waals surface area contributed by atoms with E-state index < -0.39 is 0 Å². The molecule has 0 saturated carbocycles. The molecule has 0 amide bonds. The smallest absolute Gasteiger partial charge is 0.136 e. The molecule has 0 bridgehead atoms. The number of piperidine rings is 1. The molecule has 1 N–H and O–H groups in total. The zero-order valence-electron chi connectivity index (χ0n) is 11.3. The Balaban J connectivity index is 1.95. The Bertz CT molecular complexity index is 432. The van der Waals surface area contributed by atoms with Crippen LogP contribution in [0.2, 0.25) is 0 Å². The van der Waals surface area contributed by atoms with Crippen molar-refractivity contribution in [2.45, 2.75) is 45.7 Å². The van der Waals surface area contributed by atoms with Crippen molar-refractivity contribution in [3.8, 4) is 0 Å². The molecule has 0 spiro atoms. The van der Waals surface area contributed by atoms with Crippen LogP contribution < -0.4 is 10.2 Å². The summed E-state index contributed by atoms with van der Waals surface area (Å²) in [6, 6.07) is 0.599. The van der Waals surface area contributed by atoms with Gasteiger partial charge in [-0.1, -0.05) is 6.92 Å². The quantitative estimate of drug-likeness (QED) is 0.819. The molecule has 3 rings (SSSR count). The summed E-state index contributed by atoms with van der Waals surface area (Å²) in [6.45, 7) is 7.74. The van der Waals surface area contributed by atoms with E-state index in [1.807, 2.05) is 0 Å². The lowest BCUT2D eigenvalue weighted by atomic mass is 9.94. The zero-order chi connectivity index (χ0) is 12.5. The van der Waals surface area contributed by atoms with E-state index in [1.165, 1.54) is 29.9 Å². The molecule has 2 unspecified atom stereocenters. The number of aromatic nitrogens is 2. The third kappa shape index (κ3) is 2.09. The van der Waals surface area contributed by atoms with Crippen molar-refractivity contribution in [3.05, 3.63) is 17.6 Å². The van der Waals surface area contributed by atoms with Crippen LogP contribution >= 0.6 is 0 Å². The third-order valence-electron chi connectivity index (χ3n) is 4.24. The number of hydrogen-bond acceptors (Lipinski definition) is 4. The minimum atomic E-state index is 0.599. The van der Waals surface area contributed by atoms with Crippen LogP contribution in [0.1, 0.15) is 37.9 Å². The summed E-state index contributed by atoms with van der Waals surface area (Å²) >= 11 is 0. The van der Waals surface area contributed by atoms with Crippen LogP contribution in [0.25, 0.3) is 0 Å². The lowest BCUT2D eigenvalue weighted by Gasteiger charge is -2.39. The molecular weight excluding hydrogens is 224 g/mol. The van der Waals surface area contributed by atoms with Crippen molar-refractivity contribution in [3.63, 3.8) is 0 Å². The monoisotopic (exact) mass is 246 g/mol. The minimum Gasteiger partial charge on any atom is -0.353 e. The first-order valence-corrected chi connectivity index (χ1v) is 7.06. The molecule has 1 saturated heterocycles. The van der Waals surface area contributed by atoms with Gasteiger partial charge in [-0.2, -0.15) is 0 Å². The van der Waals surface area contributed by atoms with Crippen molar-refractivity contribution in [1.82, 2.24) is 15.3 Å². The molecule has 2 aliphatic heterocycles. The number of hydrogen-bond donors (Lipinski definition) is 1. The maximum atomic E-state index is 4.58. The number of nitrogens with zero attached hydrogens (tertiary/aromatic N) is 3. The van der Waals surface area contributed by atoms with E-state index in [0.717, 1.165) is 32.0 Å². The Hall–Kier alpha value is -1.16. The van der Waals surface area contributed by atoms with Crippen LogP contribution in [0.15, 0.2) is 6.33 Å². The second kappa shape index (κ2) is 4.84. The Morgan fingerprint density at radius 2 is 2.17 bits per heavy atom. The van der Waals surface area contributed by atoms with Crippen LogP contribution in [0, 0.1) is 5.92 Å². The second-order valence-electron chi connectivity index (χ2n) is 5.73. The first-order chi connectivity index (χ1) is 8.75. The minimum absolute atomic E-state index is 0.599. The normalized spacial score (nSPS) is 28.0. The van der Waals surface area contributed by atoms with E-state index in [1.54, 1.807) is 6.33 Å². The molecule has 2 atom stereocenters. The van der Waals surface area contributed by atoms with Crippen LogP contribution in [-0.4, -0.2) is 29.1 Å². The molecule has 18 heavy (non-hydrogen) atoms. The van der Waals surface area contributed by atoms with Gasteiger partial charge in [0, 0.05) is 37.7 Å². The number of rotatable bonds is 1. The first-order valence-electron chi connectivity index (χ1n) is 7.06. The van der Waals surface area contributed by atoms with Gasteiger partial charge in [0.2, 0.25) is 0 Å². The van der Waals surface area contributed by atoms with Crippen molar-refractivity contribution in [2.24, 2.45) is 5.92 Å². The summed E-state index contributed by atoms with van der Waals surface area (Å²) in [5, 5.41) is 3.44. The summed E-state index contributed by atoms with van der Waals surface area (Å²) in [4.78, 5) is 11.5. The average molecular weight is 246 g/mol. The molecule has 1 aromatic heterocycles. The van der Waals surface area contributed by atoms with Crippen LogP contribution in [0.4, 0.5) is 5.82 Å². The molecule has 0 aliphatic carbocycles. The fourth-order valence-corrected chi connectivity index (χ4v) is 3.09. The van der Waals surface area contributed by atoms with E-state index >= 15 is 0 Å². The second-order valence-corrected chi connectivity index (χ2v) is 5.73. The Morgan fingerprint density at radius 1 is 1.28 bits per heavy atom. The summed E-state index contributed by atoms with van der Waals surface area (Å²) in [5.74, 6) is 1.94. The molecule has 0 radical (unpaired) electrons. The molecule has 1 fully saturated rings. The highest BCUT2D eigenvalue weighted by Crippen LogP contribution is 2.30. The summed E-state index contributed by atoms with van der Waals surface area (Å²) in [7, 11) is 0. The average Bonchev–Trinajstić information content (AvgIpc) is 2.41. The predicted octanol–water partition coefficient (Wildman–Crippen LogP) is 1.75. The maximum absolute atomic E-state index is 4.58. The standard InChI is InChI=1S/C14H22N4/c1-10-3-4-11(2)18(8-10)14-12-7-15-6-5-13(12)16-9-17-14/h9-11,15H,3-8H2,1-2H3. The third-order valence-corrected chi connectivity index (χ3v) is 4.24. The molecule has 2 aliphatic rings. The Labute approximate surface area is 109 Å². The highest BCUT2D eigenvalue weighted by Gasteiger charge is 2.27. The number of fused-ring (bicyclic) bond motifs is 1. The fourth-order valence-electron chi connectivity index (χ4n) is 3.09. The first kappa shape index (κ1) is 11.9. The van der Waals surface area contributed by atoms with Crippen LogP contribution in [0.3, 0.4) is 0 Å². The largest absolute Gasteiger partial charge is 0.353 e. The van der Waals surface area contributed by atoms with Crippen molar-refractivity contribution in [2.75, 3.05) is 18.0 Å². The van der Waals surface area contributed by atoms with Gasteiger partial charge in [-0.3, -0.25) is 0 Å². The Kier molecular flexibility index (Phi) is 3.20. The fraction of sp³-hybridized carbons (Fsp3) is 0.714. The van der Waals surface area contributed by atoms with Gasteiger partial charge in [-0.05, 0) is 25.7 Å². The van der Waals surface area contributed by atoms with E-state index in [2.05, 4.69) is 34.0 Å². The topological polar surface area (TPSA) is 41.1 Å². The predicted molar refractivity (Wildman–Crippen MR) is 72.6 cm³/mol. The summed E-state index contributed by atoms with van der Waals surface area (Å²) < 4.78 is 0. The van der Waals surface area contributed by atoms with E-state index in [4.69, 9.17) is 0 Å². The van der Waals surface area contributed by atoms with Crippen molar-refractivity contribution < 1.29 is 0 Å². The molecular formula is C14H22N4. The van der Waals surface area contributed by atoms with Gasteiger partial charge in [0.25, 0.3) is 0 Å². The summed E-state index contributed by atoms with van der Waals surface area (Å²) in [6.07, 6.45) is 5.38. The van der Waals surface area contributed by atoms with Gasteiger partial charge in [-0.15, -0.1) is 0 Å². The molecule has 4 nitrogen and oxygen atoms in total. The molecule has 1 aromatic rings. The number of nitrogens with one attached hydrogen (secondary N) is 1. The van der Waals surface area contributed by atoms with E-state index in [-0.39, 0.29) is 0 Å². The van der Waals surface area contributed by atoms with E-state index in [0.29, 0.717) is 6.04 Å². The SMILES string of the molecule is CC1CCC(C)N(c2ncnc3c2CNCC3)C1. The highest BCUT2D eigenvalue weighted by atomic mass is 15.2. The van der Waals surface area contributed by atoms with Crippen molar-refractivity contribution >= 4 is 5.82 Å². The van der Waals surface area contributed by atoms with E-state index in [9.17, 15) is 0 Å². The lowest BCUT2D eigenvalue weighted by Crippen LogP contribution is -2.43. The molecule has 0 aromatic carbocycles. The molecule has 3 heterocycles. The van der Waals surface area contributed by atoms with Crippen LogP contribution in [0.5, 0.6) is 0 Å². The highest BCUT2D eigenvalue weighted by molar-refractivity contribution is 5.50. The maximum Gasteiger partial charge on any atom is 0.136 e. The van der Waals surface area contributed by atoms with Crippen LogP contribution in [-0.2, 0) is 13.0 Å². The zero-order valence-corrected chi connectivity index (χ0v) is 11.3. The number of anilines is 1. The Morgan fingerprint density at radius 3 is 3.06 bits per heavy atom. The summed E-state index contributed by atoms with van der Waals surface area (Å²) in [5.41, 5.74) is 2.56. The van der Waals surface area contributed by atoms with Gasteiger partial charge >= 0.3 is 0 Å². The molecule has 98 valence electrons. The van der Waals surface area contributed by atoms with Gasteiger partial charge in [0.05, 0.1) is 5.69 Å². The van der Waals surface area contributed by atoms with Gasteiger partial charge in [0.15, 0.2) is 0 Å². The van der Waals surface area contributed by atoms with Gasteiger partial charge in [-0.25, -0.2) is 9.97 Å². The lowest BCUT2D eigenvalue weighted by molar-refractivity contribution is 0.386. The van der Waals surface area contributed by atoms with Gasteiger partial charge < -0.3 is 10.2 Å². The van der Waals surface area contributed by atoms with Gasteiger partial charge in [0.1, 0.15) is 12.1 Å². The van der Waals surface area contributed by atoms with Crippen molar-refractivity contribution in [1.29, 1.82) is 0 Å².